The summed E-state index contributed by atoms with van der Waals surface area (Å²) >= 11 is 0. The molecule has 0 radical (unpaired) electrons. The minimum absolute atomic E-state index is 0.480. The lowest BCUT2D eigenvalue weighted by Gasteiger charge is -2.07. The zero-order chi connectivity index (χ0) is 27.2. The predicted octanol–water partition coefficient (Wildman–Crippen LogP) is -0.279. The third kappa shape index (κ3) is 7.04. The third-order valence-electron chi connectivity index (χ3n) is 6.61. The van der Waals surface area contributed by atoms with Gasteiger partial charge in [0.1, 0.15) is 0 Å². The van der Waals surface area contributed by atoms with Crippen LogP contribution in [-0.2, 0) is 19.6 Å². The molecule has 0 aliphatic heterocycles. The van der Waals surface area contributed by atoms with E-state index in [9.17, 15) is 20.1 Å². The van der Waals surface area contributed by atoms with Crippen molar-refractivity contribution >= 4 is 25.2 Å². The summed E-state index contributed by atoms with van der Waals surface area (Å²) in [5.74, 6) is 0. The summed E-state index contributed by atoms with van der Waals surface area (Å²) in [6.07, 6.45) is 12.0. The predicted molar refractivity (Wildman–Crippen MR) is 149 cm³/mol. The zero-order valence-corrected chi connectivity index (χ0v) is 21.5. The van der Waals surface area contributed by atoms with Crippen LogP contribution in [0, 0.1) is 0 Å². The second-order valence-corrected chi connectivity index (χ2v) is 9.64. The first-order valence-electron chi connectivity index (χ1n) is 12.8. The molecular formula is C30H30B2N3O4+3. The van der Waals surface area contributed by atoms with Crippen LogP contribution in [0.4, 0.5) is 0 Å². The van der Waals surface area contributed by atoms with Crippen LogP contribution in [0.2, 0.25) is 0 Å². The zero-order valence-electron chi connectivity index (χ0n) is 21.5. The molecule has 3 aromatic heterocycles. The Balaban J connectivity index is 1.28. The van der Waals surface area contributed by atoms with Crippen molar-refractivity contribution in [3.8, 4) is 11.1 Å². The average Bonchev–Trinajstić information content (AvgIpc) is 2.94. The van der Waals surface area contributed by atoms with Crippen LogP contribution in [-0.4, -0.2) is 34.3 Å². The number of hydrogen-bond donors (Lipinski definition) is 4. The van der Waals surface area contributed by atoms with Crippen LogP contribution in [0.1, 0.15) is 16.7 Å². The monoisotopic (exact) mass is 518 g/mol. The Kier molecular flexibility index (Phi) is 8.24. The minimum Gasteiger partial charge on any atom is -0.423 e. The van der Waals surface area contributed by atoms with Crippen LogP contribution in [0.25, 0.3) is 11.1 Å². The van der Waals surface area contributed by atoms with Crippen molar-refractivity contribution in [2.45, 2.75) is 19.6 Å². The van der Waals surface area contributed by atoms with Gasteiger partial charge in [-0.05, 0) is 28.1 Å². The summed E-state index contributed by atoms with van der Waals surface area (Å²) < 4.78 is 6.16. The molecule has 7 nitrogen and oxygen atoms in total. The molecule has 0 aliphatic rings. The summed E-state index contributed by atoms with van der Waals surface area (Å²) in [5, 5.41) is 38.5. The number of hydrogen-bond acceptors (Lipinski definition) is 4. The topological polar surface area (TPSA) is 92.6 Å². The number of nitrogens with zero attached hydrogens (tertiary/aromatic N) is 3. The number of rotatable bonds is 9. The maximum absolute atomic E-state index is 9.82. The molecule has 4 N–H and O–H groups in total. The van der Waals surface area contributed by atoms with E-state index in [-0.39, 0.29) is 0 Å². The molecule has 5 rings (SSSR count). The van der Waals surface area contributed by atoms with Crippen molar-refractivity contribution in [2.75, 3.05) is 0 Å². The lowest BCUT2D eigenvalue weighted by atomic mass is 9.78. The van der Waals surface area contributed by atoms with E-state index >= 15 is 0 Å². The van der Waals surface area contributed by atoms with Crippen molar-refractivity contribution in [3.63, 3.8) is 0 Å². The SMILES string of the molecule is OB(O)c1cccc(C[n+]2ccc(-c3cc[n+](Cc4cc(C[n+]5ccccc5)cc(B(O)O)c4)cc3)cc2)c1. The minimum atomic E-state index is -1.53. The van der Waals surface area contributed by atoms with Crippen molar-refractivity contribution < 1.29 is 33.8 Å². The molecule has 0 spiro atoms. The second kappa shape index (κ2) is 12.1. The Bertz CT molecular complexity index is 1530. The maximum Gasteiger partial charge on any atom is 0.488 e. The van der Waals surface area contributed by atoms with Crippen LogP contribution in [0.15, 0.2) is 122 Å². The van der Waals surface area contributed by atoms with Crippen molar-refractivity contribution in [2.24, 2.45) is 0 Å². The molecule has 0 bridgehead atoms. The first kappa shape index (κ1) is 26.5. The van der Waals surface area contributed by atoms with Gasteiger partial charge >= 0.3 is 14.2 Å². The van der Waals surface area contributed by atoms with Crippen LogP contribution in [0.3, 0.4) is 0 Å². The summed E-state index contributed by atoms with van der Waals surface area (Å²) in [7, 11) is -3.00. The Morgan fingerprint density at radius 3 is 1.41 bits per heavy atom. The molecule has 0 amide bonds. The van der Waals surface area contributed by atoms with E-state index in [1.54, 1.807) is 12.1 Å². The first-order valence-corrected chi connectivity index (χ1v) is 12.8. The standard InChI is InChI=1S/C30H30B2N3O4/c36-31(37)29-6-4-5-24(18-29)21-34-13-7-27(8-14-34)28-9-15-35(16-10-28)23-26-17-25(19-30(20-26)32(38)39)22-33-11-2-1-3-12-33/h1-20,36-39H,21-23H2/q+3. The molecule has 39 heavy (non-hydrogen) atoms. The quantitative estimate of drug-likeness (QED) is 0.160. The molecule has 0 saturated heterocycles. The van der Waals surface area contributed by atoms with Gasteiger partial charge in [-0.25, -0.2) is 13.7 Å². The van der Waals surface area contributed by atoms with Gasteiger partial charge < -0.3 is 20.1 Å². The largest absolute Gasteiger partial charge is 0.488 e. The van der Waals surface area contributed by atoms with Crippen molar-refractivity contribution in [1.82, 2.24) is 0 Å². The Morgan fingerprint density at radius 2 is 0.897 bits per heavy atom. The summed E-state index contributed by atoms with van der Waals surface area (Å²) in [6, 6.07) is 27.2. The Morgan fingerprint density at radius 1 is 0.436 bits per heavy atom. The number of pyridine rings is 3. The van der Waals surface area contributed by atoms with Gasteiger partial charge in [0.05, 0.1) is 0 Å². The Hall–Kier alpha value is -4.14. The molecular weight excluding hydrogens is 488 g/mol. The highest BCUT2D eigenvalue weighted by Crippen LogP contribution is 2.16. The van der Waals surface area contributed by atoms with Gasteiger partial charge in [-0.1, -0.05) is 42.5 Å². The maximum atomic E-state index is 9.82. The van der Waals surface area contributed by atoms with E-state index in [0.29, 0.717) is 30.6 Å². The lowest BCUT2D eigenvalue weighted by Crippen LogP contribution is -2.37. The van der Waals surface area contributed by atoms with Crippen molar-refractivity contribution in [1.29, 1.82) is 0 Å². The van der Waals surface area contributed by atoms with Gasteiger partial charge in [-0.2, -0.15) is 0 Å². The highest BCUT2D eigenvalue weighted by Gasteiger charge is 2.17. The second-order valence-electron chi connectivity index (χ2n) is 9.64. The molecule has 3 heterocycles. The summed E-state index contributed by atoms with van der Waals surface area (Å²) in [6.45, 7) is 1.87. The van der Waals surface area contributed by atoms with Gasteiger partial charge in [0.2, 0.25) is 0 Å². The van der Waals surface area contributed by atoms with E-state index in [2.05, 4.69) is 39.5 Å². The molecule has 0 saturated carbocycles. The average molecular weight is 518 g/mol. The fraction of sp³-hybridized carbons (Fsp3) is 0.100. The number of aromatic nitrogens is 3. The van der Waals surface area contributed by atoms with Gasteiger partial charge in [0.15, 0.2) is 56.8 Å². The lowest BCUT2D eigenvalue weighted by molar-refractivity contribution is -0.689. The molecule has 0 atom stereocenters. The highest BCUT2D eigenvalue weighted by molar-refractivity contribution is 6.59. The fourth-order valence-corrected chi connectivity index (χ4v) is 4.66. The molecule has 0 aliphatic carbocycles. The van der Waals surface area contributed by atoms with Gasteiger partial charge in [0.25, 0.3) is 0 Å². The molecule has 0 fully saturated rings. The highest BCUT2D eigenvalue weighted by atomic mass is 16.4. The van der Waals surface area contributed by atoms with E-state index < -0.39 is 14.2 Å². The number of benzene rings is 2. The molecule has 2 aromatic carbocycles. The molecule has 192 valence electrons. The van der Waals surface area contributed by atoms with Gasteiger partial charge in [0, 0.05) is 53.1 Å². The third-order valence-corrected chi connectivity index (χ3v) is 6.61. The fourth-order valence-electron chi connectivity index (χ4n) is 4.66. The van der Waals surface area contributed by atoms with Gasteiger partial charge in [-0.15, -0.1) is 0 Å². The normalized spacial score (nSPS) is 10.9. The molecule has 9 heteroatoms. The van der Waals surface area contributed by atoms with Crippen LogP contribution in [0.5, 0.6) is 0 Å². The van der Waals surface area contributed by atoms with Crippen LogP contribution >= 0.6 is 0 Å². The van der Waals surface area contributed by atoms with E-state index in [0.717, 1.165) is 27.8 Å². The summed E-state index contributed by atoms with van der Waals surface area (Å²) in [5.41, 5.74) is 6.11. The molecule has 5 aromatic rings. The van der Waals surface area contributed by atoms with E-state index in [1.807, 2.05) is 84.2 Å². The van der Waals surface area contributed by atoms with Gasteiger partial charge in [-0.3, -0.25) is 0 Å². The van der Waals surface area contributed by atoms with Crippen LogP contribution < -0.4 is 24.6 Å². The molecule has 0 unspecified atom stereocenters. The Labute approximate surface area is 228 Å². The summed E-state index contributed by atoms with van der Waals surface area (Å²) in [4.78, 5) is 0. The van der Waals surface area contributed by atoms with E-state index in [1.165, 1.54) is 0 Å². The smallest absolute Gasteiger partial charge is 0.423 e. The van der Waals surface area contributed by atoms with E-state index in [4.69, 9.17) is 0 Å². The van der Waals surface area contributed by atoms with Crippen molar-refractivity contribution in [3.05, 3.63) is 139 Å². The first-order chi connectivity index (χ1) is 18.9.